The smallest absolute Gasteiger partial charge is 0.0107 e. The SMILES string of the molecule is CC12CC3CC(C)(C1)CC(CNCCN1CCCC1)(C3)C2. The van der Waals surface area contributed by atoms with Crippen molar-refractivity contribution < 1.29 is 0 Å². The predicted octanol–water partition coefficient (Wildman–Crippen LogP) is 3.67. The van der Waals surface area contributed by atoms with E-state index in [4.69, 9.17) is 0 Å². The van der Waals surface area contributed by atoms with Gasteiger partial charge in [-0.25, -0.2) is 0 Å². The summed E-state index contributed by atoms with van der Waals surface area (Å²) < 4.78 is 0. The van der Waals surface area contributed by atoms with Crippen LogP contribution >= 0.6 is 0 Å². The highest BCUT2D eigenvalue weighted by atomic mass is 15.1. The lowest BCUT2D eigenvalue weighted by atomic mass is 9.40. The lowest BCUT2D eigenvalue weighted by molar-refractivity contribution is -0.143. The molecule has 5 aliphatic rings. The Morgan fingerprint density at radius 3 is 2.24 bits per heavy atom. The second-order valence-electron chi connectivity index (χ2n) is 9.86. The van der Waals surface area contributed by atoms with Gasteiger partial charge < -0.3 is 10.2 Å². The molecule has 0 aromatic rings. The number of rotatable bonds is 5. The number of nitrogens with zero attached hydrogens (tertiary/aromatic N) is 1. The molecule has 4 aliphatic carbocycles. The van der Waals surface area contributed by atoms with Crippen LogP contribution in [0.3, 0.4) is 0 Å². The van der Waals surface area contributed by atoms with Gasteiger partial charge in [-0.15, -0.1) is 0 Å². The van der Waals surface area contributed by atoms with Gasteiger partial charge in [0.25, 0.3) is 0 Å². The van der Waals surface area contributed by atoms with Crippen LogP contribution in [0.1, 0.15) is 65.2 Å². The molecule has 120 valence electrons. The van der Waals surface area contributed by atoms with Gasteiger partial charge in [-0.3, -0.25) is 0 Å². The molecule has 0 spiro atoms. The summed E-state index contributed by atoms with van der Waals surface area (Å²) in [4.78, 5) is 2.63. The van der Waals surface area contributed by atoms with Crippen LogP contribution in [0.25, 0.3) is 0 Å². The van der Waals surface area contributed by atoms with Crippen LogP contribution in [0, 0.1) is 22.2 Å². The van der Waals surface area contributed by atoms with Crippen molar-refractivity contribution in [3.05, 3.63) is 0 Å². The number of hydrogen-bond donors (Lipinski definition) is 1. The summed E-state index contributed by atoms with van der Waals surface area (Å²) in [5, 5.41) is 3.86. The van der Waals surface area contributed by atoms with E-state index in [1.54, 1.807) is 0 Å². The van der Waals surface area contributed by atoms with Gasteiger partial charge in [-0.05, 0) is 86.6 Å². The molecule has 5 rings (SSSR count). The topological polar surface area (TPSA) is 15.3 Å². The summed E-state index contributed by atoms with van der Waals surface area (Å²) in [5.41, 5.74) is 1.99. The van der Waals surface area contributed by atoms with E-state index in [9.17, 15) is 0 Å². The molecule has 2 atom stereocenters. The van der Waals surface area contributed by atoms with Crippen LogP contribution in [0.15, 0.2) is 0 Å². The fourth-order valence-electron chi connectivity index (χ4n) is 7.48. The quantitative estimate of drug-likeness (QED) is 0.777. The third-order valence-corrected chi connectivity index (χ3v) is 7.05. The minimum absolute atomic E-state index is 0.647. The number of hydrogen-bond acceptors (Lipinski definition) is 2. The minimum atomic E-state index is 0.647. The Hall–Kier alpha value is -0.0800. The second-order valence-corrected chi connectivity index (χ2v) is 9.86. The lowest BCUT2D eigenvalue weighted by Crippen LogP contribution is -2.57. The maximum Gasteiger partial charge on any atom is 0.0107 e. The van der Waals surface area contributed by atoms with Crippen LogP contribution < -0.4 is 5.32 Å². The highest BCUT2D eigenvalue weighted by Gasteiger charge is 2.59. The predicted molar refractivity (Wildman–Crippen MR) is 88.4 cm³/mol. The van der Waals surface area contributed by atoms with E-state index < -0.39 is 0 Å². The van der Waals surface area contributed by atoms with E-state index >= 15 is 0 Å². The highest BCUT2D eigenvalue weighted by molar-refractivity contribution is 5.10. The molecule has 0 aromatic carbocycles. The molecule has 5 fully saturated rings. The van der Waals surface area contributed by atoms with E-state index in [0.29, 0.717) is 16.2 Å². The molecule has 2 unspecified atom stereocenters. The molecule has 0 radical (unpaired) electrons. The zero-order valence-corrected chi connectivity index (χ0v) is 14.2. The third kappa shape index (κ3) is 2.79. The molecule has 2 heteroatoms. The summed E-state index contributed by atoms with van der Waals surface area (Å²) in [6.07, 6.45) is 11.9. The summed E-state index contributed by atoms with van der Waals surface area (Å²) in [7, 11) is 0. The molecular weight excluding hydrogens is 256 g/mol. The molecule has 1 N–H and O–H groups in total. The minimum Gasteiger partial charge on any atom is -0.315 e. The van der Waals surface area contributed by atoms with E-state index in [2.05, 4.69) is 24.1 Å². The maximum atomic E-state index is 3.86. The Bertz CT molecular complexity index is 380. The number of nitrogens with one attached hydrogen (secondary N) is 1. The first-order chi connectivity index (χ1) is 9.99. The van der Waals surface area contributed by atoms with Gasteiger partial charge in [0.15, 0.2) is 0 Å². The van der Waals surface area contributed by atoms with Gasteiger partial charge in [-0.2, -0.15) is 0 Å². The van der Waals surface area contributed by atoms with Crippen LogP contribution in [-0.2, 0) is 0 Å². The summed E-state index contributed by atoms with van der Waals surface area (Å²) in [6.45, 7) is 11.6. The largest absolute Gasteiger partial charge is 0.315 e. The molecule has 4 saturated carbocycles. The van der Waals surface area contributed by atoms with Crippen molar-refractivity contribution in [3.63, 3.8) is 0 Å². The standard InChI is InChI=1S/C19H34N2/c1-17-9-16-10-18(2,12-17)14-19(11-16,13-17)15-20-5-8-21-6-3-4-7-21/h16,20H,3-15H2,1-2H3. The molecule has 1 aliphatic heterocycles. The second kappa shape index (κ2) is 4.96. The average molecular weight is 290 g/mol. The Balaban J connectivity index is 1.34. The third-order valence-electron chi connectivity index (χ3n) is 7.05. The van der Waals surface area contributed by atoms with Gasteiger partial charge in [0.1, 0.15) is 0 Å². The fraction of sp³-hybridized carbons (Fsp3) is 1.00. The van der Waals surface area contributed by atoms with Gasteiger partial charge in [-0.1, -0.05) is 13.8 Å². The van der Waals surface area contributed by atoms with E-state index in [1.165, 1.54) is 84.1 Å². The first-order valence-corrected chi connectivity index (χ1v) is 9.42. The highest BCUT2D eigenvalue weighted by Crippen LogP contribution is 2.69. The lowest BCUT2D eigenvalue weighted by Gasteiger charge is -2.65. The summed E-state index contributed by atoms with van der Waals surface area (Å²) in [6, 6.07) is 0. The Morgan fingerprint density at radius 1 is 0.952 bits per heavy atom. The number of likely N-dealkylation sites (tertiary alicyclic amines) is 1. The van der Waals surface area contributed by atoms with Gasteiger partial charge in [0.2, 0.25) is 0 Å². The molecule has 21 heavy (non-hydrogen) atoms. The molecule has 2 nitrogen and oxygen atoms in total. The zero-order chi connectivity index (χ0) is 14.6. The first kappa shape index (κ1) is 14.5. The van der Waals surface area contributed by atoms with E-state index in [-0.39, 0.29) is 0 Å². The maximum absolute atomic E-state index is 3.86. The van der Waals surface area contributed by atoms with Gasteiger partial charge in [0, 0.05) is 19.6 Å². The molecule has 1 saturated heterocycles. The molecule has 0 aromatic heterocycles. The van der Waals surface area contributed by atoms with Crippen molar-refractivity contribution in [1.29, 1.82) is 0 Å². The Morgan fingerprint density at radius 2 is 1.62 bits per heavy atom. The van der Waals surface area contributed by atoms with Crippen LogP contribution in [0.2, 0.25) is 0 Å². The fourth-order valence-corrected chi connectivity index (χ4v) is 7.48. The van der Waals surface area contributed by atoms with Gasteiger partial charge >= 0.3 is 0 Å². The van der Waals surface area contributed by atoms with E-state index in [1.807, 2.05) is 0 Å². The summed E-state index contributed by atoms with van der Waals surface area (Å²) >= 11 is 0. The van der Waals surface area contributed by atoms with Crippen molar-refractivity contribution in [2.24, 2.45) is 22.2 Å². The summed E-state index contributed by atoms with van der Waals surface area (Å²) in [5.74, 6) is 1.04. The Kier molecular flexibility index (Phi) is 3.43. The van der Waals surface area contributed by atoms with Crippen molar-refractivity contribution in [2.45, 2.75) is 65.2 Å². The van der Waals surface area contributed by atoms with Crippen molar-refractivity contribution in [1.82, 2.24) is 10.2 Å². The molecule has 1 heterocycles. The van der Waals surface area contributed by atoms with Crippen LogP contribution in [0.5, 0.6) is 0 Å². The monoisotopic (exact) mass is 290 g/mol. The average Bonchev–Trinajstić information content (AvgIpc) is 2.83. The van der Waals surface area contributed by atoms with Gasteiger partial charge in [0.05, 0.1) is 0 Å². The van der Waals surface area contributed by atoms with Crippen molar-refractivity contribution >= 4 is 0 Å². The first-order valence-electron chi connectivity index (χ1n) is 9.42. The Labute approximate surface area is 131 Å². The normalized spacial score (nSPS) is 49.1. The van der Waals surface area contributed by atoms with Crippen molar-refractivity contribution in [3.8, 4) is 0 Å². The van der Waals surface area contributed by atoms with Crippen LogP contribution in [-0.4, -0.2) is 37.6 Å². The van der Waals surface area contributed by atoms with Crippen molar-refractivity contribution in [2.75, 3.05) is 32.7 Å². The zero-order valence-electron chi connectivity index (χ0n) is 14.2. The molecule has 4 bridgehead atoms. The molecular formula is C19H34N2. The van der Waals surface area contributed by atoms with E-state index in [0.717, 1.165) is 5.92 Å². The molecule has 0 amide bonds. The van der Waals surface area contributed by atoms with Crippen LogP contribution in [0.4, 0.5) is 0 Å².